The van der Waals surface area contributed by atoms with Gasteiger partial charge in [-0.1, -0.05) is 0 Å². The second kappa shape index (κ2) is 3.81. The van der Waals surface area contributed by atoms with Crippen LogP contribution >= 0.6 is 0 Å². The van der Waals surface area contributed by atoms with E-state index in [1.165, 1.54) is 13.3 Å². The first kappa shape index (κ1) is 9.40. The van der Waals surface area contributed by atoms with E-state index in [0.29, 0.717) is 5.82 Å². The molecule has 0 saturated heterocycles. The Balaban J connectivity index is 2.95. The third-order valence-corrected chi connectivity index (χ3v) is 1.38. The van der Waals surface area contributed by atoms with Gasteiger partial charge in [0.15, 0.2) is 0 Å². The van der Waals surface area contributed by atoms with Crippen LogP contribution in [0.4, 0.5) is 5.82 Å². The molecule has 0 aliphatic rings. The fraction of sp³-hybridized carbons (Fsp3) is 0.286. The Labute approximate surface area is 75.1 Å². The van der Waals surface area contributed by atoms with Gasteiger partial charge < -0.3 is 5.73 Å². The minimum absolute atomic E-state index is 0.141. The van der Waals surface area contributed by atoms with E-state index >= 15 is 0 Å². The van der Waals surface area contributed by atoms with Crippen LogP contribution in [0.15, 0.2) is 6.20 Å². The van der Waals surface area contributed by atoms with Gasteiger partial charge in [0.2, 0.25) is 0 Å². The van der Waals surface area contributed by atoms with Crippen LogP contribution in [0.2, 0.25) is 0 Å². The van der Waals surface area contributed by atoms with Crippen molar-refractivity contribution in [1.29, 1.82) is 0 Å². The number of anilines is 1. The third kappa shape index (κ3) is 2.12. The van der Waals surface area contributed by atoms with Gasteiger partial charge in [-0.15, -0.1) is 0 Å². The van der Waals surface area contributed by atoms with Crippen LogP contribution in [0.1, 0.15) is 16.2 Å². The molecule has 0 saturated carbocycles. The van der Waals surface area contributed by atoms with Gasteiger partial charge in [-0.3, -0.25) is 9.63 Å². The van der Waals surface area contributed by atoms with Crippen molar-refractivity contribution in [3.05, 3.63) is 17.6 Å². The molecule has 0 aliphatic heterocycles. The van der Waals surface area contributed by atoms with Gasteiger partial charge in [0.25, 0.3) is 5.91 Å². The van der Waals surface area contributed by atoms with E-state index in [0.717, 1.165) is 0 Å². The number of nitrogens with zero attached hydrogens (tertiary/aromatic N) is 2. The van der Waals surface area contributed by atoms with E-state index in [-0.39, 0.29) is 11.4 Å². The smallest absolute Gasteiger partial charge is 0.280 e. The number of hydroxylamine groups is 1. The number of nitrogens with one attached hydrogen (secondary N) is 1. The molecule has 0 aliphatic carbocycles. The molecule has 1 amide bonds. The summed E-state index contributed by atoms with van der Waals surface area (Å²) in [7, 11) is 1.34. The molecule has 6 nitrogen and oxygen atoms in total. The lowest BCUT2D eigenvalue weighted by molar-refractivity contribution is 0.0538. The summed E-state index contributed by atoms with van der Waals surface area (Å²) in [5.41, 5.74) is 7.81. The number of aromatic nitrogens is 2. The van der Waals surface area contributed by atoms with E-state index < -0.39 is 5.91 Å². The van der Waals surface area contributed by atoms with Gasteiger partial charge in [-0.2, -0.15) is 0 Å². The molecule has 6 heteroatoms. The van der Waals surface area contributed by atoms with E-state index in [1.54, 1.807) is 6.92 Å². The number of hydrogen-bond donors (Lipinski definition) is 2. The minimum Gasteiger partial charge on any atom is -0.383 e. The Kier molecular flexibility index (Phi) is 2.76. The number of nitrogen functional groups attached to an aromatic ring is 1. The summed E-state index contributed by atoms with van der Waals surface area (Å²) < 4.78 is 0. The standard InChI is InChI=1S/C7H10N4O2/c1-4-9-3-5(6(8)10-4)7(12)11-13-2/h3H,1-2H3,(H,11,12)(H2,8,9,10). The first-order valence-electron chi connectivity index (χ1n) is 3.57. The zero-order valence-corrected chi connectivity index (χ0v) is 7.37. The maximum absolute atomic E-state index is 11.2. The lowest BCUT2D eigenvalue weighted by Crippen LogP contribution is -2.23. The van der Waals surface area contributed by atoms with E-state index in [2.05, 4.69) is 20.3 Å². The SMILES string of the molecule is CONC(=O)c1cnc(C)nc1N. The van der Waals surface area contributed by atoms with Gasteiger partial charge in [0.05, 0.1) is 7.11 Å². The second-order valence-electron chi connectivity index (χ2n) is 2.35. The van der Waals surface area contributed by atoms with Crippen LogP contribution in [0.3, 0.4) is 0 Å². The molecule has 0 atom stereocenters. The van der Waals surface area contributed by atoms with E-state index in [9.17, 15) is 4.79 Å². The zero-order chi connectivity index (χ0) is 9.84. The van der Waals surface area contributed by atoms with Crippen LogP contribution in [0.5, 0.6) is 0 Å². The Morgan fingerprint density at radius 3 is 2.92 bits per heavy atom. The molecule has 0 aromatic carbocycles. The third-order valence-electron chi connectivity index (χ3n) is 1.38. The summed E-state index contributed by atoms with van der Waals surface area (Å²) in [5, 5.41) is 0. The van der Waals surface area contributed by atoms with Gasteiger partial charge in [0, 0.05) is 6.20 Å². The largest absolute Gasteiger partial charge is 0.383 e. The Hall–Kier alpha value is -1.69. The molecule has 0 fully saturated rings. The molecule has 1 aromatic rings. The monoisotopic (exact) mass is 182 g/mol. The highest BCUT2D eigenvalue weighted by atomic mass is 16.6. The molecule has 0 bridgehead atoms. The van der Waals surface area contributed by atoms with Crippen LogP contribution < -0.4 is 11.2 Å². The van der Waals surface area contributed by atoms with Crippen LogP contribution in [0.25, 0.3) is 0 Å². The molecule has 1 heterocycles. The van der Waals surface area contributed by atoms with Crippen molar-refractivity contribution in [2.45, 2.75) is 6.92 Å². The van der Waals surface area contributed by atoms with E-state index in [1.807, 2.05) is 0 Å². The lowest BCUT2D eigenvalue weighted by atomic mass is 10.3. The van der Waals surface area contributed by atoms with Crippen LogP contribution in [-0.4, -0.2) is 23.0 Å². The van der Waals surface area contributed by atoms with E-state index in [4.69, 9.17) is 5.73 Å². The normalized spacial score (nSPS) is 9.69. The van der Waals surface area contributed by atoms with Gasteiger partial charge >= 0.3 is 0 Å². The van der Waals surface area contributed by atoms with Crippen molar-refractivity contribution in [3.63, 3.8) is 0 Å². The molecular formula is C7H10N4O2. The Bertz CT molecular complexity index is 326. The van der Waals surface area contributed by atoms with Gasteiger partial charge in [0.1, 0.15) is 17.2 Å². The Morgan fingerprint density at radius 1 is 1.69 bits per heavy atom. The summed E-state index contributed by atoms with van der Waals surface area (Å²) in [5.74, 6) is 0.202. The molecule has 0 radical (unpaired) electrons. The number of aryl methyl sites for hydroxylation is 1. The topological polar surface area (TPSA) is 90.1 Å². The van der Waals surface area contributed by atoms with Crippen molar-refractivity contribution >= 4 is 11.7 Å². The maximum Gasteiger partial charge on any atom is 0.280 e. The predicted octanol–water partition coefficient (Wildman–Crippen LogP) is -0.342. The second-order valence-corrected chi connectivity index (χ2v) is 2.35. The fourth-order valence-corrected chi connectivity index (χ4v) is 0.810. The lowest BCUT2D eigenvalue weighted by Gasteiger charge is -2.03. The number of carbonyl (C=O) groups is 1. The Morgan fingerprint density at radius 2 is 2.38 bits per heavy atom. The fourth-order valence-electron chi connectivity index (χ4n) is 0.810. The number of carbonyl (C=O) groups excluding carboxylic acids is 1. The first-order chi connectivity index (χ1) is 6.15. The number of hydrogen-bond acceptors (Lipinski definition) is 5. The van der Waals surface area contributed by atoms with Crippen molar-refractivity contribution in [2.24, 2.45) is 0 Å². The number of amides is 1. The zero-order valence-electron chi connectivity index (χ0n) is 7.37. The average Bonchev–Trinajstić information content (AvgIpc) is 2.04. The minimum atomic E-state index is -0.458. The maximum atomic E-state index is 11.2. The molecule has 13 heavy (non-hydrogen) atoms. The van der Waals surface area contributed by atoms with Crippen LogP contribution in [0, 0.1) is 6.92 Å². The number of nitrogens with two attached hydrogens (primary N) is 1. The first-order valence-corrected chi connectivity index (χ1v) is 3.57. The van der Waals surface area contributed by atoms with Gasteiger partial charge in [-0.05, 0) is 6.92 Å². The van der Waals surface area contributed by atoms with Crippen molar-refractivity contribution < 1.29 is 9.63 Å². The van der Waals surface area contributed by atoms with Gasteiger partial charge in [-0.25, -0.2) is 15.4 Å². The van der Waals surface area contributed by atoms with Crippen molar-refractivity contribution in [1.82, 2.24) is 15.4 Å². The summed E-state index contributed by atoms with van der Waals surface area (Å²) >= 11 is 0. The average molecular weight is 182 g/mol. The highest BCUT2D eigenvalue weighted by Gasteiger charge is 2.10. The van der Waals surface area contributed by atoms with Crippen molar-refractivity contribution in [2.75, 3.05) is 12.8 Å². The van der Waals surface area contributed by atoms with Crippen LogP contribution in [-0.2, 0) is 4.84 Å². The highest BCUT2D eigenvalue weighted by Crippen LogP contribution is 2.06. The highest BCUT2D eigenvalue weighted by molar-refractivity contribution is 5.97. The molecule has 0 unspecified atom stereocenters. The molecule has 0 spiro atoms. The molecular weight excluding hydrogens is 172 g/mol. The summed E-state index contributed by atoms with van der Waals surface area (Å²) in [4.78, 5) is 23.3. The summed E-state index contributed by atoms with van der Waals surface area (Å²) in [6.07, 6.45) is 1.35. The predicted molar refractivity (Wildman–Crippen MR) is 45.7 cm³/mol. The molecule has 1 rings (SSSR count). The quantitative estimate of drug-likeness (QED) is 0.610. The molecule has 3 N–H and O–H groups in total. The summed E-state index contributed by atoms with van der Waals surface area (Å²) in [6.45, 7) is 1.69. The summed E-state index contributed by atoms with van der Waals surface area (Å²) in [6, 6.07) is 0. The number of rotatable bonds is 2. The molecule has 1 aromatic heterocycles. The molecule has 70 valence electrons. The van der Waals surface area contributed by atoms with Crippen molar-refractivity contribution in [3.8, 4) is 0 Å².